The lowest BCUT2D eigenvalue weighted by Crippen LogP contribution is -2.31. The molecule has 0 saturated carbocycles. The van der Waals surface area contributed by atoms with Crippen LogP contribution in [-0.2, 0) is 0 Å². The van der Waals surface area contributed by atoms with Crippen molar-refractivity contribution in [3.63, 3.8) is 0 Å². The molecule has 2 heterocycles. The Morgan fingerprint density at radius 1 is 1.17 bits per heavy atom. The van der Waals surface area contributed by atoms with Gasteiger partial charge in [0.1, 0.15) is 11.4 Å². The van der Waals surface area contributed by atoms with Crippen LogP contribution in [0.4, 0.5) is 17.5 Å². The second kappa shape index (κ2) is 10.1. The van der Waals surface area contributed by atoms with Gasteiger partial charge in [-0.15, -0.1) is 0 Å². The predicted molar refractivity (Wildman–Crippen MR) is 117 cm³/mol. The molecule has 1 saturated heterocycles. The average Bonchev–Trinajstić information content (AvgIpc) is 2.75. The number of aromatic nitrogens is 2. The largest absolute Gasteiger partial charge is 0.494 e. The molecule has 0 bridgehead atoms. The van der Waals surface area contributed by atoms with Gasteiger partial charge in [-0.25, -0.2) is 4.98 Å². The minimum Gasteiger partial charge on any atom is -0.494 e. The van der Waals surface area contributed by atoms with Crippen LogP contribution in [-0.4, -0.2) is 49.7 Å². The Kier molecular flexibility index (Phi) is 7.27. The highest BCUT2D eigenvalue weighted by atomic mass is 16.5. The summed E-state index contributed by atoms with van der Waals surface area (Å²) in [7, 11) is 3.83. The third-order valence-corrected chi connectivity index (χ3v) is 4.95. The van der Waals surface area contributed by atoms with Crippen molar-refractivity contribution in [3.05, 3.63) is 36.0 Å². The molecule has 2 aromatic rings. The second-order valence-corrected chi connectivity index (χ2v) is 7.53. The molecule has 7 heteroatoms. The van der Waals surface area contributed by atoms with E-state index in [1.807, 2.05) is 31.1 Å². The minimum absolute atomic E-state index is 0.192. The van der Waals surface area contributed by atoms with Gasteiger partial charge >= 0.3 is 0 Å². The van der Waals surface area contributed by atoms with Crippen LogP contribution in [0.3, 0.4) is 0 Å². The first-order valence-corrected chi connectivity index (χ1v) is 10.4. The first kappa shape index (κ1) is 20.9. The molecule has 156 valence electrons. The number of amides is 1. The Labute approximate surface area is 173 Å². The number of nitrogens with one attached hydrogen (secondary N) is 1. The predicted octanol–water partition coefficient (Wildman–Crippen LogP) is 3.96. The van der Waals surface area contributed by atoms with Crippen molar-refractivity contribution in [2.24, 2.45) is 0 Å². The van der Waals surface area contributed by atoms with Gasteiger partial charge in [0.15, 0.2) is 5.82 Å². The van der Waals surface area contributed by atoms with Gasteiger partial charge in [0.2, 0.25) is 5.95 Å². The van der Waals surface area contributed by atoms with Gasteiger partial charge in [-0.3, -0.25) is 4.79 Å². The van der Waals surface area contributed by atoms with Crippen molar-refractivity contribution in [2.75, 3.05) is 48.9 Å². The molecule has 1 aromatic carbocycles. The van der Waals surface area contributed by atoms with Crippen molar-refractivity contribution in [1.29, 1.82) is 0 Å². The van der Waals surface area contributed by atoms with Gasteiger partial charge in [0, 0.05) is 32.7 Å². The topological polar surface area (TPSA) is 70.6 Å². The number of hydrogen-bond acceptors (Lipinski definition) is 6. The van der Waals surface area contributed by atoms with E-state index in [1.54, 1.807) is 18.3 Å². The van der Waals surface area contributed by atoms with Crippen LogP contribution in [0.15, 0.2) is 30.5 Å². The molecule has 0 spiro atoms. The smallest absolute Gasteiger partial charge is 0.255 e. The molecule has 1 amide bonds. The van der Waals surface area contributed by atoms with E-state index in [0.29, 0.717) is 23.7 Å². The van der Waals surface area contributed by atoms with E-state index in [4.69, 9.17) is 9.72 Å². The molecule has 1 aromatic heterocycles. The fourth-order valence-corrected chi connectivity index (χ4v) is 3.27. The molecule has 1 aliphatic heterocycles. The number of unbranched alkanes of at least 4 members (excludes halogenated alkanes) is 1. The normalized spacial score (nSPS) is 13.8. The van der Waals surface area contributed by atoms with E-state index < -0.39 is 0 Å². The lowest BCUT2D eigenvalue weighted by Gasteiger charge is -2.28. The van der Waals surface area contributed by atoms with Gasteiger partial charge in [-0.2, -0.15) is 4.98 Å². The lowest BCUT2D eigenvalue weighted by atomic mass is 10.1. The van der Waals surface area contributed by atoms with E-state index in [-0.39, 0.29) is 5.91 Å². The molecule has 7 nitrogen and oxygen atoms in total. The number of nitrogens with zero attached hydrogens (tertiary/aromatic N) is 4. The van der Waals surface area contributed by atoms with Crippen LogP contribution in [0.5, 0.6) is 5.75 Å². The number of hydrogen-bond donors (Lipinski definition) is 1. The summed E-state index contributed by atoms with van der Waals surface area (Å²) in [5, 5.41) is 2.95. The summed E-state index contributed by atoms with van der Waals surface area (Å²) < 4.78 is 5.66. The van der Waals surface area contributed by atoms with Crippen molar-refractivity contribution in [3.8, 4) is 5.75 Å². The SMILES string of the molecule is CCCCOc1ccc(C(=O)Nc2cnc(N3CCCCC3)nc2N(C)C)cc1. The molecule has 1 N–H and O–H groups in total. The van der Waals surface area contributed by atoms with Crippen LogP contribution >= 0.6 is 0 Å². The fourth-order valence-electron chi connectivity index (χ4n) is 3.27. The quantitative estimate of drug-likeness (QED) is 0.680. The number of carbonyl (C=O) groups is 1. The minimum atomic E-state index is -0.192. The first-order valence-electron chi connectivity index (χ1n) is 10.4. The zero-order valence-corrected chi connectivity index (χ0v) is 17.6. The number of rotatable bonds is 8. The lowest BCUT2D eigenvalue weighted by molar-refractivity contribution is 0.102. The molecule has 0 aliphatic carbocycles. The Morgan fingerprint density at radius 2 is 1.90 bits per heavy atom. The number of ether oxygens (including phenoxy) is 1. The van der Waals surface area contributed by atoms with E-state index in [1.165, 1.54) is 6.42 Å². The van der Waals surface area contributed by atoms with Crippen LogP contribution in [0.25, 0.3) is 0 Å². The van der Waals surface area contributed by atoms with E-state index in [0.717, 1.165) is 50.5 Å². The van der Waals surface area contributed by atoms with E-state index in [2.05, 4.69) is 22.1 Å². The first-order chi connectivity index (χ1) is 14.1. The van der Waals surface area contributed by atoms with Crippen molar-refractivity contribution in [2.45, 2.75) is 39.0 Å². The monoisotopic (exact) mass is 397 g/mol. The summed E-state index contributed by atoms with van der Waals surface area (Å²) in [6.07, 6.45) is 7.39. The van der Waals surface area contributed by atoms with Gasteiger partial charge in [-0.1, -0.05) is 13.3 Å². The fraction of sp³-hybridized carbons (Fsp3) is 0.500. The Morgan fingerprint density at radius 3 is 2.55 bits per heavy atom. The Balaban J connectivity index is 1.70. The van der Waals surface area contributed by atoms with Crippen LogP contribution in [0.1, 0.15) is 49.4 Å². The van der Waals surface area contributed by atoms with E-state index in [9.17, 15) is 4.79 Å². The highest BCUT2D eigenvalue weighted by Gasteiger charge is 2.18. The summed E-state index contributed by atoms with van der Waals surface area (Å²) >= 11 is 0. The van der Waals surface area contributed by atoms with Crippen molar-refractivity contribution in [1.82, 2.24) is 9.97 Å². The van der Waals surface area contributed by atoms with Crippen LogP contribution < -0.4 is 19.9 Å². The zero-order chi connectivity index (χ0) is 20.6. The average molecular weight is 398 g/mol. The molecule has 29 heavy (non-hydrogen) atoms. The molecule has 3 rings (SSSR count). The third-order valence-electron chi connectivity index (χ3n) is 4.95. The maximum atomic E-state index is 12.7. The molecule has 1 fully saturated rings. The maximum absolute atomic E-state index is 12.7. The third kappa shape index (κ3) is 5.59. The van der Waals surface area contributed by atoms with E-state index >= 15 is 0 Å². The highest BCUT2D eigenvalue weighted by molar-refractivity contribution is 6.05. The van der Waals surface area contributed by atoms with Crippen molar-refractivity contribution >= 4 is 23.4 Å². The molecule has 1 aliphatic rings. The van der Waals surface area contributed by atoms with Crippen molar-refractivity contribution < 1.29 is 9.53 Å². The van der Waals surface area contributed by atoms with Gasteiger partial charge in [-0.05, 0) is 49.9 Å². The number of anilines is 3. The molecular weight excluding hydrogens is 366 g/mol. The molecule has 0 atom stereocenters. The standard InChI is InChI=1S/C22H31N5O2/c1-4-5-15-29-18-11-9-17(10-12-18)21(28)24-19-16-23-22(25-20(19)26(2)3)27-13-7-6-8-14-27/h9-12,16H,4-8,13-15H2,1-3H3,(H,24,28). The number of piperidine rings is 1. The highest BCUT2D eigenvalue weighted by Crippen LogP contribution is 2.26. The second-order valence-electron chi connectivity index (χ2n) is 7.53. The molecule has 0 unspecified atom stereocenters. The summed E-state index contributed by atoms with van der Waals surface area (Å²) in [6, 6.07) is 7.20. The summed E-state index contributed by atoms with van der Waals surface area (Å²) in [5.41, 5.74) is 1.17. The summed E-state index contributed by atoms with van der Waals surface area (Å²) in [6.45, 7) is 4.77. The maximum Gasteiger partial charge on any atom is 0.255 e. The molecular formula is C22H31N5O2. The Bertz CT molecular complexity index is 801. The van der Waals surface area contributed by atoms with Gasteiger partial charge in [0.05, 0.1) is 12.8 Å². The molecule has 0 radical (unpaired) electrons. The van der Waals surface area contributed by atoms with Gasteiger partial charge < -0.3 is 19.9 Å². The summed E-state index contributed by atoms with van der Waals surface area (Å²) in [5.74, 6) is 2.01. The summed E-state index contributed by atoms with van der Waals surface area (Å²) in [4.78, 5) is 26.0. The zero-order valence-electron chi connectivity index (χ0n) is 17.6. The Hall–Kier alpha value is -2.83. The van der Waals surface area contributed by atoms with Gasteiger partial charge in [0.25, 0.3) is 5.91 Å². The number of carbonyl (C=O) groups excluding carboxylic acids is 1. The van der Waals surface area contributed by atoms with Crippen LogP contribution in [0, 0.1) is 0 Å². The number of benzene rings is 1. The van der Waals surface area contributed by atoms with Crippen LogP contribution in [0.2, 0.25) is 0 Å².